The summed E-state index contributed by atoms with van der Waals surface area (Å²) in [4.78, 5) is 16.7. The number of carbonyl (C=O) groups excluding carboxylic acids is 1. The molecule has 1 amide bonds. The predicted molar refractivity (Wildman–Crippen MR) is 103 cm³/mol. The number of oxazole rings is 1. The minimum Gasteiger partial charge on any atom is -0.441 e. The number of hydrogen-bond acceptors (Lipinski definition) is 4. The van der Waals surface area contributed by atoms with Crippen molar-refractivity contribution >= 4 is 17.7 Å². The van der Waals surface area contributed by atoms with E-state index in [2.05, 4.69) is 23.3 Å². The van der Waals surface area contributed by atoms with E-state index in [4.69, 9.17) is 4.42 Å². The van der Waals surface area contributed by atoms with Crippen LogP contribution in [-0.2, 0) is 10.5 Å². The molecule has 1 aliphatic carbocycles. The minimum atomic E-state index is 0.136. The number of benzene rings is 1. The summed E-state index contributed by atoms with van der Waals surface area (Å²) in [5, 5.41) is 3.15. The van der Waals surface area contributed by atoms with Gasteiger partial charge in [-0.05, 0) is 38.3 Å². The van der Waals surface area contributed by atoms with Crippen molar-refractivity contribution in [3.63, 3.8) is 0 Å². The van der Waals surface area contributed by atoms with E-state index in [1.807, 2.05) is 25.1 Å². The molecule has 4 nitrogen and oxygen atoms in total. The molecule has 1 aliphatic rings. The zero-order chi connectivity index (χ0) is 17.6. The van der Waals surface area contributed by atoms with E-state index in [9.17, 15) is 4.79 Å². The highest BCUT2D eigenvalue weighted by Gasteiger charge is 2.17. The Balaban J connectivity index is 1.52. The number of aromatic nitrogens is 1. The summed E-state index contributed by atoms with van der Waals surface area (Å²) in [5.74, 6) is 2.80. The highest BCUT2D eigenvalue weighted by molar-refractivity contribution is 7.99. The number of nitrogens with one attached hydrogen (secondary N) is 1. The third-order valence-electron chi connectivity index (χ3n) is 4.71. The molecule has 1 aromatic carbocycles. The third-order valence-corrected chi connectivity index (χ3v) is 5.65. The molecule has 0 bridgehead atoms. The second kappa shape index (κ2) is 8.56. The Labute approximate surface area is 153 Å². The van der Waals surface area contributed by atoms with Crippen LogP contribution in [0.1, 0.15) is 49.1 Å². The number of hydrogen-bond donors (Lipinski definition) is 1. The van der Waals surface area contributed by atoms with Gasteiger partial charge in [0, 0.05) is 17.4 Å². The molecule has 3 rings (SSSR count). The maximum absolute atomic E-state index is 12.1. The fraction of sp³-hybridized carbons (Fsp3) is 0.500. The summed E-state index contributed by atoms with van der Waals surface area (Å²) in [7, 11) is 0. The molecular formula is C20H26N2O2S. The molecule has 0 spiro atoms. The monoisotopic (exact) mass is 358 g/mol. The van der Waals surface area contributed by atoms with Gasteiger partial charge < -0.3 is 9.73 Å². The van der Waals surface area contributed by atoms with Crippen LogP contribution in [0, 0.1) is 13.8 Å². The van der Waals surface area contributed by atoms with Gasteiger partial charge in [0.1, 0.15) is 5.76 Å². The van der Waals surface area contributed by atoms with Crippen LogP contribution in [0.5, 0.6) is 0 Å². The van der Waals surface area contributed by atoms with Crippen LogP contribution in [-0.4, -0.2) is 22.7 Å². The Hall–Kier alpha value is -1.75. The van der Waals surface area contributed by atoms with Crippen LogP contribution < -0.4 is 5.32 Å². The lowest BCUT2D eigenvalue weighted by molar-refractivity contribution is -0.119. The lowest BCUT2D eigenvalue weighted by Gasteiger charge is -2.22. The van der Waals surface area contributed by atoms with Gasteiger partial charge in [0.25, 0.3) is 0 Å². The first-order valence-electron chi connectivity index (χ1n) is 9.03. The first-order chi connectivity index (χ1) is 12.1. The summed E-state index contributed by atoms with van der Waals surface area (Å²) in [6.07, 6.45) is 6.02. The minimum absolute atomic E-state index is 0.136. The predicted octanol–water partition coefficient (Wildman–Crippen LogP) is 4.64. The van der Waals surface area contributed by atoms with Gasteiger partial charge in [0.05, 0.1) is 11.4 Å². The van der Waals surface area contributed by atoms with Crippen molar-refractivity contribution in [2.24, 2.45) is 0 Å². The van der Waals surface area contributed by atoms with E-state index in [-0.39, 0.29) is 5.91 Å². The highest BCUT2D eigenvalue weighted by Crippen LogP contribution is 2.26. The largest absolute Gasteiger partial charge is 0.441 e. The van der Waals surface area contributed by atoms with Crippen LogP contribution in [0.3, 0.4) is 0 Å². The molecule has 1 fully saturated rings. The maximum Gasteiger partial charge on any atom is 0.230 e. The van der Waals surface area contributed by atoms with E-state index >= 15 is 0 Å². The molecule has 25 heavy (non-hydrogen) atoms. The number of carbonyl (C=O) groups is 1. The molecule has 134 valence electrons. The molecular weight excluding hydrogens is 332 g/mol. The van der Waals surface area contributed by atoms with E-state index in [1.165, 1.54) is 19.3 Å². The summed E-state index contributed by atoms with van der Waals surface area (Å²) in [5.41, 5.74) is 3.10. The third kappa shape index (κ3) is 4.88. The maximum atomic E-state index is 12.1. The zero-order valence-electron chi connectivity index (χ0n) is 15.0. The summed E-state index contributed by atoms with van der Waals surface area (Å²) in [6, 6.07) is 8.46. The topological polar surface area (TPSA) is 55.1 Å². The van der Waals surface area contributed by atoms with E-state index in [1.54, 1.807) is 11.8 Å². The van der Waals surface area contributed by atoms with Gasteiger partial charge in [0.2, 0.25) is 11.8 Å². The zero-order valence-corrected chi connectivity index (χ0v) is 15.8. The summed E-state index contributed by atoms with van der Waals surface area (Å²) >= 11 is 1.60. The van der Waals surface area contributed by atoms with Gasteiger partial charge in [-0.25, -0.2) is 4.98 Å². The van der Waals surface area contributed by atoms with E-state index in [0.717, 1.165) is 35.4 Å². The number of rotatable bonds is 6. The van der Waals surface area contributed by atoms with Crippen molar-refractivity contribution in [2.45, 2.75) is 57.7 Å². The lowest BCUT2D eigenvalue weighted by Crippen LogP contribution is -2.37. The van der Waals surface area contributed by atoms with Gasteiger partial charge in [-0.2, -0.15) is 0 Å². The van der Waals surface area contributed by atoms with Crippen molar-refractivity contribution in [3.8, 4) is 11.5 Å². The van der Waals surface area contributed by atoms with Crippen molar-refractivity contribution in [1.82, 2.24) is 10.3 Å². The molecule has 1 saturated carbocycles. The molecule has 5 heteroatoms. The van der Waals surface area contributed by atoms with E-state index in [0.29, 0.717) is 23.4 Å². The molecule has 0 radical (unpaired) electrons. The van der Waals surface area contributed by atoms with Crippen molar-refractivity contribution in [2.75, 3.05) is 5.75 Å². The molecule has 0 saturated heterocycles. The Morgan fingerprint density at radius 1 is 1.24 bits per heavy atom. The van der Waals surface area contributed by atoms with Crippen molar-refractivity contribution in [3.05, 3.63) is 41.3 Å². The Bertz CT molecular complexity index is 720. The first kappa shape index (κ1) is 18.1. The van der Waals surface area contributed by atoms with Crippen molar-refractivity contribution < 1.29 is 9.21 Å². The number of nitrogens with zero attached hydrogens (tertiary/aromatic N) is 1. The molecule has 1 heterocycles. The lowest BCUT2D eigenvalue weighted by atomic mass is 9.95. The van der Waals surface area contributed by atoms with Gasteiger partial charge in [-0.15, -0.1) is 11.8 Å². The average molecular weight is 359 g/mol. The molecule has 2 aromatic rings. The molecule has 0 unspecified atom stereocenters. The normalized spacial score (nSPS) is 15.3. The molecule has 0 aliphatic heterocycles. The number of amides is 1. The quantitative estimate of drug-likeness (QED) is 0.817. The number of aryl methyl sites for hydroxylation is 2. The molecule has 0 atom stereocenters. The number of thioether (sulfide) groups is 1. The Kier molecular flexibility index (Phi) is 6.19. The standard InChI is InChI=1S/C20H26N2O2S/c1-14-8-6-7-11-17(14)20-22-18(15(2)24-20)12-25-13-19(23)21-16-9-4-3-5-10-16/h6-8,11,16H,3-5,9-10,12-13H2,1-2H3,(H,21,23). The van der Waals surface area contributed by atoms with Crippen LogP contribution in [0.2, 0.25) is 0 Å². The Morgan fingerprint density at radius 2 is 2.00 bits per heavy atom. The highest BCUT2D eigenvalue weighted by atomic mass is 32.2. The second-order valence-corrected chi connectivity index (χ2v) is 7.72. The fourth-order valence-corrected chi connectivity index (χ4v) is 4.08. The van der Waals surface area contributed by atoms with Crippen LogP contribution >= 0.6 is 11.8 Å². The average Bonchev–Trinajstić information content (AvgIpc) is 2.97. The van der Waals surface area contributed by atoms with Gasteiger partial charge in [-0.3, -0.25) is 4.79 Å². The van der Waals surface area contributed by atoms with Crippen LogP contribution in [0.25, 0.3) is 11.5 Å². The van der Waals surface area contributed by atoms with Crippen molar-refractivity contribution in [1.29, 1.82) is 0 Å². The molecule has 1 aromatic heterocycles. The smallest absolute Gasteiger partial charge is 0.230 e. The first-order valence-corrected chi connectivity index (χ1v) is 10.2. The second-order valence-electron chi connectivity index (χ2n) is 6.73. The summed E-state index contributed by atoms with van der Waals surface area (Å²) in [6.45, 7) is 3.99. The van der Waals surface area contributed by atoms with Gasteiger partial charge in [-0.1, -0.05) is 37.5 Å². The Morgan fingerprint density at radius 3 is 2.76 bits per heavy atom. The fourth-order valence-electron chi connectivity index (χ4n) is 3.25. The molecule has 1 N–H and O–H groups in total. The van der Waals surface area contributed by atoms with Crippen LogP contribution in [0.4, 0.5) is 0 Å². The van der Waals surface area contributed by atoms with Crippen LogP contribution in [0.15, 0.2) is 28.7 Å². The van der Waals surface area contributed by atoms with Gasteiger partial charge >= 0.3 is 0 Å². The van der Waals surface area contributed by atoms with Gasteiger partial charge in [0.15, 0.2) is 0 Å². The SMILES string of the molecule is Cc1ccccc1-c1nc(CSCC(=O)NC2CCCCC2)c(C)o1. The summed E-state index contributed by atoms with van der Waals surface area (Å²) < 4.78 is 5.84. The van der Waals surface area contributed by atoms with E-state index < -0.39 is 0 Å².